The first-order valence-electron chi connectivity index (χ1n) is 9.33. The van der Waals surface area contributed by atoms with Gasteiger partial charge in [0.25, 0.3) is 0 Å². The molecular formula is C19H34N2O5. The number of carbonyl (C=O) groups excluding carboxylic acids is 3. The second-order valence-electron chi connectivity index (χ2n) is 8.85. The summed E-state index contributed by atoms with van der Waals surface area (Å²) in [7, 11) is 0. The number of ether oxygens (including phenoxy) is 2. The van der Waals surface area contributed by atoms with Crippen LogP contribution in [0.1, 0.15) is 73.6 Å². The molecule has 7 heteroatoms. The van der Waals surface area contributed by atoms with E-state index in [1.54, 1.807) is 20.8 Å². The number of esters is 1. The highest BCUT2D eigenvalue weighted by atomic mass is 16.6. The van der Waals surface area contributed by atoms with Crippen LogP contribution in [0.4, 0.5) is 4.79 Å². The van der Waals surface area contributed by atoms with E-state index in [1.807, 2.05) is 20.8 Å². The molecule has 0 spiro atoms. The molecule has 0 saturated carbocycles. The first-order chi connectivity index (χ1) is 11.9. The van der Waals surface area contributed by atoms with Crippen molar-refractivity contribution in [2.75, 3.05) is 0 Å². The number of hydrogen-bond acceptors (Lipinski definition) is 6. The average molecular weight is 370 g/mol. The first-order valence-corrected chi connectivity index (χ1v) is 9.33. The van der Waals surface area contributed by atoms with Gasteiger partial charge in [0, 0.05) is 6.04 Å². The molecule has 3 atom stereocenters. The summed E-state index contributed by atoms with van der Waals surface area (Å²) in [5.41, 5.74) is -1.08. The fourth-order valence-corrected chi connectivity index (χ4v) is 2.82. The molecule has 0 aromatic carbocycles. The lowest BCUT2D eigenvalue weighted by Gasteiger charge is -2.23. The van der Waals surface area contributed by atoms with Crippen LogP contribution in [0.15, 0.2) is 0 Å². The number of carbonyl (C=O) groups is 3. The van der Waals surface area contributed by atoms with Gasteiger partial charge in [-0.1, -0.05) is 0 Å². The van der Waals surface area contributed by atoms with Gasteiger partial charge in [-0.15, -0.1) is 0 Å². The van der Waals surface area contributed by atoms with Gasteiger partial charge < -0.3 is 24.9 Å². The number of rotatable bonds is 7. The summed E-state index contributed by atoms with van der Waals surface area (Å²) in [5.74, 6) is -0.211. The average Bonchev–Trinajstić information content (AvgIpc) is 2.91. The Morgan fingerprint density at radius 1 is 1.12 bits per heavy atom. The molecule has 1 aliphatic heterocycles. The van der Waals surface area contributed by atoms with Gasteiger partial charge in [0.05, 0.1) is 6.04 Å². The van der Waals surface area contributed by atoms with Gasteiger partial charge in [-0.3, -0.25) is 4.79 Å². The van der Waals surface area contributed by atoms with E-state index < -0.39 is 23.3 Å². The second kappa shape index (κ2) is 9.35. The molecule has 0 radical (unpaired) electrons. The third kappa shape index (κ3) is 9.17. The molecular weight excluding hydrogens is 336 g/mol. The van der Waals surface area contributed by atoms with Crippen LogP contribution in [0.3, 0.4) is 0 Å². The van der Waals surface area contributed by atoms with E-state index in [2.05, 4.69) is 10.6 Å². The van der Waals surface area contributed by atoms with Crippen molar-refractivity contribution in [3.63, 3.8) is 0 Å². The Kier molecular flexibility index (Phi) is 8.06. The Labute approximate surface area is 156 Å². The molecule has 1 rings (SSSR count). The monoisotopic (exact) mass is 370 g/mol. The van der Waals surface area contributed by atoms with Gasteiger partial charge in [0.1, 0.15) is 23.5 Å². The molecule has 1 amide bonds. The number of hydrogen-bond donors (Lipinski definition) is 2. The molecule has 2 N–H and O–H groups in total. The van der Waals surface area contributed by atoms with E-state index in [-0.39, 0.29) is 18.1 Å². The maximum absolute atomic E-state index is 12.1. The topological polar surface area (TPSA) is 93.7 Å². The maximum Gasteiger partial charge on any atom is 0.408 e. The molecule has 7 nitrogen and oxygen atoms in total. The zero-order valence-corrected chi connectivity index (χ0v) is 16.9. The van der Waals surface area contributed by atoms with Crippen molar-refractivity contribution in [1.82, 2.24) is 10.6 Å². The van der Waals surface area contributed by atoms with Crippen molar-refractivity contribution < 1.29 is 23.9 Å². The van der Waals surface area contributed by atoms with Gasteiger partial charge in [0.15, 0.2) is 0 Å². The van der Waals surface area contributed by atoms with Gasteiger partial charge in [0.2, 0.25) is 0 Å². The van der Waals surface area contributed by atoms with Crippen LogP contribution in [0, 0.1) is 0 Å². The normalized spacial score (nSPS) is 21.8. The zero-order valence-electron chi connectivity index (χ0n) is 16.9. The lowest BCUT2D eigenvalue weighted by molar-refractivity contribution is -0.157. The maximum atomic E-state index is 12.1. The number of nitrogens with one attached hydrogen (secondary N) is 2. The summed E-state index contributed by atoms with van der Waals surface area (Å²) in [4.78, 5) is 35.0. The molecule has 1 aliphatic rings. The largest absolute Gasteiger partial charge is 0.459 e. The minimum atomic E-state index is -0.595. The molecule has 26 heavy (non-hydrogen) atoms. The van der Waals surface area contributed by atoms with Crippen LogP contribution in [-0.4, -0.2) is 47.7 Å². The lowest BCUT2D eigenvalue weighted by Crippen LogP contribution is -2.41. The third-order valence-electron chi connectivity index (χ3n) is 3.87. The highest BCUT2D eigenvalue weighted by molar-refractivity contribution is 5.76. The zero-order chi connectivity index (χ0) is 20.0. The second-order valence-corrected chi connectivity index (χ2v) is 8.85. The van der Waals surface area contributed by atoms with Crippen molar-refractivity contribution in [3.8, 4) is 0 Å². The summed E-state index contributed by atoms with van der Waals surface area (Å²) in [6.07, 6.45) is 3.94. The first kappa shape index (κ1) is 22.4. The van der Waals surface area contributed by atoms with E-state index >= 15 is 0 Å². The molecule has 150 valence electrons. The molecule has 1 fully saturated rings. The van der Waals surface area contributed by atoms with Crippen molar-refractivity contribution in [2.45, 2.75) is 103 Å². The number of aldehydes is 1. The SMILES string of the molecule is CC(C)(C)OC(=O)NC(C=O)CCC[C@H]1CC[C@@H](C(=O)OC(C)(C)C)N1. The molecule has 0 bridgehead atoms. The molecule has 1 unspecified atom stereocenters. The van der Waals surface area contributed by atoms with E-state index in [4.69, 9.17) is 9.47 Å². The standard InChI is InChI=1S/C19H34N2O5/c1-18(2,3)25-16(23)15-11-10-13(20-15)8-7-9-14(12-22)21-17(24)26-19(4,5)6/h12-15,20H,7-11H2,1-6H3,(H,21,24)/t13-,14?,15-/m0/s1. The van der Waals surface area contributed by atoms with Crippen LogP contribution in [-0.2, 0) is 19.1 Å². The summed E-state index contributed by atoms with van der Waals surface area (Å²) in [5, 5.41) is 5.88. The highest BCUT2D eigenvalue weighted by Gasteiger charge is 2.32. The molecule has 1 saturated heterocycles. The molecule has 0 aromatic heterocycles. The predicted octanol–water partition coefficient (Wildman–Crippen LogP) is 2.71. The highest BCUT2D eigenvalue weighted by Crippen LogP contribution is 2.20. The smallest absolute Gasteiger partial charge is 0.408 e. The van der Waals surface area contributed by atoms with E-state index in [9.17, 15) is 14.4 Å². The van der Waals surface area contributed by atoms with E-state index in [0.717, 1.165) is 32.0 Å². The van der Waals surface area contributed by atoms with Crippen molar-refractivity contribution in [2.24, 2.45) is 0 Å². The van der Waals surface area contributed by atoms with Crippen LogP contribution < -0.4 is 10.6 Å². The summed E-state index contributed by atoms with van der Waals surface area (Å²) < 4.78 is 10.6. The van der Waals surface area contributed by atoms with Gasteiger partial charge in [-0.05, 0) is 73.6 Å². The van der Waals surface area contributed by atoms with Crippen molar-refractivity contribution in [1.29, 1.82) is 0 Å². The third-order valence-corrected chi connectivity index (χ3v) is 3.87. The fourth-order valence-electron chi connectivity index (χ4n) is 2.82. The quantitative estimate of drug-likeness (QED) is 0.529. The number of alkyl carbamates (subject to hydrolysis) is 1. The predicted molar refractivity (Wildman–Crippen MR) is 98.9 cm³/mol. The summed E-state index contributed by atoms with van der Waals surface area (Å²) in [6, 6.07) is -0.602. The van der Waals surface area contributed by atoms with E-state index in [1.165, 1.54) is 0 Å². The Hall–Kier alpha value is -1.63. The van der Waals surface area contributed by atoms with Crippen molar-refractivity contribution >= 4 is 18.3 Å². The Balaban J connectivity index is 2.31. The lowest BCUT2D eigenvalue weighted by atomic mass is 10.0. The molecule has 1 heterocycles. The Morgan fingerprint density at radius 3 is 2.27 bits per heavy atom. The van der Waals surface area contributed by atoms with Crippen LogP contribution in [0.2, 0.25) is 0 Å². The summed E-state index contributed by atoms with van der Waals surface area (Å²) >= 11 is 0. The fraction of sp³-hybridized carbons (Fsp3) is 0.842. The Bertz CT molecular complexity index is 493. The van der Waals surface area contributed by atoms with Gasteiger partial charge in [-0.2, -0.15) is 0 Å². The molecule has 0 aromatic rings. The van der Waals surface area contributed by atoms with Gasteiger partial charge >= 0.3 is 12.1 Å². The summed E-state index contributed by atoms with van der Waals surface area (Å²) in [6.45, 7) is 10.9. The van der Waals surface area contributed by atoms with Crippen LogP contribution in [0.25, 0.3) is 0 Å². The minimum absolute atomic E-state index is 0.211. The van der Waals surface area contributed by atoms with Gasteiger partial charge in [-0.25, -0.2) is 4.79 Å². The van der Waals surface area contributed by atoms with Crippen LogP contribution in [0.5, 0.6) is 0 Å². The molecule has 0 aliphatic carbocycles. The Morgan fingerprint density at radius 2 is 1.73 bits per heavy atom. The van der Waals surface area contributed by atoms with Crippen molar-refractivity contribution in [3.05, 3.63) is 0 Å². The minimum Gasteiger partial charge on any atom is -0.459 e. The van der Waals surface area contributed by atoms with Crippen LogP contribution >= 0.6 is 0 Å². The number of amides is 1. The van der Waals surface area contributed by atoms with E-state index in [0.29, 0.717) is 6.42 Å².